The summed E-state index contributed by atoms with van der Waals surface area (Å²) in [4.78, 5) is 13.7. The van der Waals surface area contributed by atoms with Crippen molar-refractivity contribution >= 4 is 5.97 Å². The van der Waals surface area contributed by atoms with Crippen molar-refractivity contribution in [3.05, 3.63) is 0 Å². The SMILES string of the molecule is COC1(OC)CN(C2(C(=O)O)CCC(C)CC2)C1. The van der Waals surface area contributed by atoms with Crippen LogP contribution in [0.2, 0.25) is 0 Å². The number of ether oxygens (including phenoxy) is 2. The summed E-state index contributed by atoms with van der Waals surface area (Å²) in [5, 5.41) is 9.60. The van der Waals surface area contributed by atoms with Crippen LogP contribution in [-0.4, -0.2) is 54.6 Å². The fourth-order valence-electron chi connectivity index (χ4n) is 3.08. The predicted molar refractivity (Wildman–Crippen MR) is 66.3 cm³/mol. The van der Waals surface area contributed by atoms with Gasteiger partial charge in [-0.3, -0.25) is 9.69 Å². The minimum absolute atomic E-state index is 0.542. The van der Waals surface area contributed by atoms with E-state index in [-0.39, 0.29) is 0 Å². The van der Waals surface area contributed by atoms with Crippen LogP contribution in [0.15, 0.2) is 0 Å². The number of nitrogens with zero attached hydrogens (tertiary/aromatic N) is 1. The second-order valence-corrected chi connectivity index (χ2v) is 5.69. The van der Waals surface area contributed by atoms with Crippen LogP contribution in [0.3, 0.4) is 0 Å². The summed E-state index contributed by atoms with van der Waals surface area (Å²) in [5.41, 5.74) is -0.701. The molecule has 1 saturated carbocycles. The number of carboxylic acid groups (broad SMARTS) is 1. The zero-order valence-corrected chi connectivity index (χ0v) is 11.4. The molecule has 0 bridgehead atoms. The van der Waals surface area contributed by atoms with Crippen LogP contribution in [-0.2, 0) is 14.3 Å². The first-order chi connectivity index (χ1) is 8.48. The number of aliphatic carboxylic acids is 1. The maximum Gasteiger partial charge on any atom is 0.324 e. The number of carboxylic acids is 1. The Hall–Kier alpha value is -0.650. The lowest BCUT2D eigenvalue weighted by Crippen LogP contribution is -2.73. The monoisotopic (exact) mass is 257 g/mol. The molecule has 0 amide bonds. The number of likely N-dealkylation sites (tertiary alicyclic amines) is 1. The van der Waals surface area contributed by atoms with E-state index in [9.17, 15) is 9.90 Å². The van der Waals surface area contributed by atoms with Gasteiger partial charge >= 0.3 is 5.97 Å². The normalized spacial score (nSPS) is 36.1. The van der Waals surface area contributed by atoms with E-state index in [0.717, 1.165) is 25.7 Å². The average molecular weight is 257 g/mol. The summed E-state index contributed by atoms with van der Waals surface area (Å²) < 4.78 is 10.7. The van der Waals surface area contributed by atoms with E-state index in [1.54, 1.807) is 14.2 Å². The molecule has 2 aliphatic rings. The van der Waals surface area contributed by atoms with E-state index in [4.69, 9.17) is 9.47 Å². The van der Waals surface area contributed by atoms with E-state index in [1.165, 1.54) is 0 Å². The molecule has 1 saturated heterocycles. The topological polar surface area (TPSA) is 59.0 Å². The van der Waals surface area contributed by atoms with Crippen molar-refractivity contribution in [1.29, 1.82) is 0 Å². The predicted octanol–water partition coefficient (Wildman–Crippen LogP) is 1.32. The third kappa shape index (κ3) is 2.04. The molecule has 0 unspecified atom stereocenters. The van der Waals surface area contributed by atoms with Crippen molar-refractivity contribution in [1.82, 2.24) is 4.90 Å². The standard InChI is InChI=1S/C13H23NO4/c1-10-4-6-12(7-5-10,11(15)16)14-8-13(9-14,17-2)18-3/h10H,4-9H2,1-3H3,(H,15,16). The fourth-order valence-corrected chi connectivity index (χ4v) is 3.08. The second-order valence-electron chi connectivity index (χ2n) is 5.69. The molecule has 5 nitrogen and oxygen atoms in total. The van der Waals surface area contributed by atoms with Gasteiger partial charge < -0.3 is 14.6 Å². The summed E-state index contributed by atoms with van der Waals surface area (Å²) in [5.74, 6) is -0.672. The number of rotatable bonds is 4. The Labute approximate surface area is 108 Å². The van der Waals surface area contributed by atoms with Gasteiger partial charge in [-0.05, 0) is 31.6 Å². The Morgan fingerprint density at radius 1 is 1.22 bits per heavy atom. The van der Waals surface area contributed by atoms with Crippen molar-refractivity contribution in [3.8, 4) is 0 Å². The molecule has 1 heterocycles. The summed E-state index contributed by atoms with van der Waals surface area (Å²) >= 11 is 0. The molecule has 0 aromatic heterocycles. The highest BCUT2D eigenvalue weighted by molar-refractivity contribution is 5.79. The molecule has 104 valence electrons. The Morgan fingerprint density at radius 3 is 2.11 bits per heavy atom. The molecule has 0 spiro atoms. The van der Waals surface area contributed by atoms with Gasteiger partial charge in [-0.2, -0.15) is 0 Å². The van der Waals surface area contributed by atoms with Gasteiger partial charge in [-0.1, -0.05) is 6.92 Å². The van der Waals surface area contributed by atoms with Gasteiger partial charge in [-0.25, -0.2) is 0 Å². The summed E-state index contributed by atoms with van der Waals surface area (Å²) in [6.45, 7) is 3.28. The van der Waals surface area contributed by atoms with Crippen molar-refractivity contribution in [3.63, 3.8) is 0 Å². The molecule has 2 fully saturated rings. The average Bonchev–Trinajstić information content (AvgIpc) is 2.31. The van der Waals surface area contributed by atoms with Gasteiger partial charge in [0, 0.05) is 14.2 Å². The highest BCUT2D eigenvalue weighted by atomic mass is 16.7. The van der Waals surface area contributed by atoms with Crippen LogP contribution >= 0.6 is 0 Å². The molecule has 2 rings (SSSR count). The summed E-state index contributed by atoms with van der Waals surface area (Å²) in [6, 6.07) is 0. The summed E-state index contributed by atoms with van der Waals surface area (Å²) in [7, 11) is 3.22. The number of carbonyl (C=O) groups is 1. The summed E-state index contributed by atoms with van der Waals surface area (Å²) in [6.07, 6.45) is 3.42. The van der Waals surface area contributed by atoms with Crippen LogP contribution in [0.4, 0.5) is 0 Å². The minimum atomic E-state index is -0.701. The maximum atomic E-state index is 11.7. The van der Waals surface area contributed by atoms with Gasteiger partial charge in [0.2, 0.25) is 0 Å². The van der Waals surface area contributed by atoms with Crippen LogP contribution in [0.25, 0.3) is 0 Å². The Kier molecular flexibility index (Phi) is 3.67. The molecule has 1 N–H and O–H groups in total. The molecule has 18 heavy (non-hydrogen) atoms. The first-order valence-electron chi connectivity index (χ1n) is 6.57. The van der Waals surface area contributed by atoms with Crippen LogP contribution < -0.4 is 0 Å². The van der Waals surface area contributed by atoms with E-state index in [1.807, 2.05) is 4.90 Å². The number of hydrogen-bond donors (Lipinski definition) is 1. The Bertz CT molecular complexity index is 311. The van der Waals surface area contributed by atoms with Gasteiger partial charge in [0.15, 0.2) is 5.79 Å². The lowest BCUT2D eigenvalue weighted by molar-refractivity contribution is -0.294. The van der Waals surface area contributed by atoms with Gasteiger partial charge in [0.1, 0.15) is 5.54 Å². The van der Waals surface area contributed by atoms with E-state index < -0.39 is 17.3 Å². The second kappa shape index (κ2) is 4.79. The highest BCUT2D eigenvalue weighted by Gasteiger charge is 2.56. The Morgan fingerprint density at radius 2 is 1.72 bits per heavy atom. The third-order valence-electron chi connectivity index (χ3n) is 4.71. The van der Waals surface area contributed by atoms with Crippen molar-refractivity contribution in [2.75, 3.05) is 27.3 Å². The van der Waals surface area contributed by atoms with Crippen molar-refractivity contribution in [2.24, 2.45) is 5.92 Å². The lowest BCUT2D eigenvalue weighted by atomic mass is 9.74. The maximum absolute atomic E-state index is 11.7. The fraction of sp³-hybridized carbons (Fsp3) is 0.923. The van der Waals surface area contributed by atoms with Gasteiger partial charge in [0.05, 0.1) is 13.1 Å². The molecule has 0 aromatic carbocycles. The van der Waals surface area contributed by atoms with Crippen molar-refractivity contribution < 1.29 is 19.4 Å². The zero-order chi connectivity index (χ0) is 13.4. The smallest absolute Gasteiger partial charge is 0.324 e. The Balaban J connectivity index is 2.07. The zero-order valence-electron chi connectivity index (χ0n) is 11.4. The van der Waals surface area contributed by atoms with E-state index in [2.05, 4.69) is 6.92 Å². The molecule has 5 heteroatoms. The molecule has 1 aliphatic carbocycles. The lowest BCUT2D eigenvalue weighted by Gasteiger charge is -2.56. The van der Waals surface area contributed by atoms with Crippen molar-refractivity contribution in [2.45, 2.75) is 43.9 Å². The van der Waals surface area contributed by atoms with Crippen LogP contribution in [0.5, 0.6) is 0 Å². The van der Waals surface area contributed by atoms with Gasteiger partial charge in [-0.15, -0.1) is 0 Å². The molecular weight excluding hydrogens is 234 g/mol. The number of hydrogen-bond acceptors (Lipinski definition) is 4. The quantitative estimate of drug-likeness (QED) is 0.770. The van der Waals surface area contributed by atoms with Gasteiger partial charge in [0.25, 0.3) is 0 Å². The minimum Gasteiger partial charge on any atom is -0.480 e. The molecule has 0 radical (unpaired) electrons. The molecular formula is C13H23NO4. The number of methoxy groups -OCH3 is 2. The van der Waals surface area contributed by atoms with Crippen LogP contribution in [0, 0.1) is 5.92 Å². The third-order valence-corrected chi connectivity index (χ3v) is 4.71. The first kappa shape index (κ1) is 13.8. The largest absolute Gasteiger partial charge is 0.480 e. The molecule has 0 aromatic rings. The molecule has 0 atom stereocenters. The van der Waals surface area contributed by atoms with Crippen LogP contribution in [0.1, 0.15) is 32.6 Å². The van der Waals surface area contributed by atoms with E-state index in [0.29, 0.717) is 19.0 Å². The molecule has 1 aliphatic heterocycles. The van der Waals surface area contributed by atoms with E-state index >= 15 is 0 Å². The first-order valence-corrected chi connectivity index (χ1v) is 6.57. The highest BCUT2D eigenvalue weighted by Crippen LogP contribution is 2.42.